The van der Waals surface area contributed by atoms with Crippen LogP contribution >= 0.6 is 11.3 Å². The molecule has 3 nitrogen and oxygen atoms in total. The number of thiazole rings is 1. The van der Waals surface area contributed by atoms with Gasteiger partial charge < -0.3 is 10.2 Å². The molecule has 1 aliphatic heterocycles. The fourth-order valence-electron chi connectivity index (χ4n) is 2.50. The number of nitrogens with zero attached hydrogens (tertiary/aromatic N) is 2. The molecule has 102 valence electrons. The highest BCUT2D eigenvalue weighted by Gasteiger charge is 2.23. The second-order valence-electron chi connectivity index (χ2n) is 5.46. The zero-order chi connectivity index (χ0) is 13.0. The van der Waals surface area contributed by atoms with Crippen LogP contribution in [-0.2, 0) is 13.0 Å². The van der Waals surface area contributed by atoms with E-state index in [1.165, 1.54) is 30.2 Å². The molecular weight excluding hydrogens is 242 g/mol. The van der Waals surface area contributed by atoms with Crippen LogP contribution in [0.15, 0.2) is 5.38 Å². The minimum atomic E-state index is 0.695. The van der Waals surface area contributed by atoms with Gasteiger partial charge in [-0.3, -0.25) is 0 Å². The molecule has 1 unspecified atom stereocenters. The highest BCUT2D eigenvalue weighted by molar-refractivity contribution is 7.09. The molecule has 1 aliphatic rings. The molecule has 4 heteroatoms. The second-order valence-corrected chi connectivity index (χ2v) is 6.40. The van der Waals surface area contributed by atoms with Gasteiger partial charge in [0.15, 0.2) is 0 Å². The van der Waals surface area contributed by atoms with Crippen molar-refractivity contribution in [2.24, 2.45) is 5.92 Å². The molecule has 1 N–H and O–H groups in total. The Morgan fingerprint density at radius 1 is 1.56 bits per heavy atom. The van der Waals surface area contributed by atoms with E-state index in [4.69, 9.17) is 0 Å². The van der Waals surface area contributed by atoms with Gasteiger partial charge in [-0.2, -0.15) is 0 Å². The SMILES string of the molecule is CCc1nc(CNCC2CCN(C(C)C)C2)cs1. The topological polar surface area (TPSA) is 28.2 Å². The smallest absolute Gasteiger partial charge is 0.0926 e. The summed E-state index contributed by atoms with van der Waals surface area (Å²) in [6.45, 7) is 11.3. The highest BCUT2D eigenvalue weighted by Crippen LogP contribution is 2.17. The van der Waals surface area contributed by atoms with E-state index in [2.05, 4.69) is 41.4 Å². The van der Waals surface area contributed by atoms with Crippen LogP contribution in [0.25, 0.3) is 0 Å². The van der Waals surface area contributed by atoms with E-state index in [1.54, 1.807) is 11.3 Å². The summed E-state index contributed by atoms with van der Waals surface area (Å²) in [7, 11) is 0. The van der Waals surface area contributed by atoms with Gasteiger partial charge in [0, 0.05) is 24.5 Å². The van der Waals surface area contributed by atoms with Crippen LogP contribution in [0, 0.1) is 5.92 Å². The molecule has 1 aromatic heterocycles. The Hall–Kier alpha value is -0.450. The Morgan fingerprint density at radius 3 is 3.00 bits per heavy atom. The summed E-state index contributed by atoms with van der Waals surface area (Å²) in [5, 5.41) is 6.99. The van der Waals surface area contributed by atoms with Crippen LogP contribution in [-0.4, -0.2) is 35.6 Å². The zero-order valence-electron chi connectivity index (χ0n) is 11.8. The first-order chi connectivity index (χ1) is 8.69. The predicted molar refractivity (Wildman–Crippen MR) is 78.0 cm³/mol. The van der Waals surface area contributed by atoms with E-state index >= 15 is 0 Å². The van der Waals surface area contributed by atoms with Gasteiger partial charge in [-0.1, -0.05) is 6.92 Å². The van der Waals surface area contributed by atoms with Crippen molar-refractivity contribution >= 4 is 11.3 Å². The van der Waals surface area contributed by atoms with Gasteiger partial charge in [0.05, 0.1) is 10.7 Å². The number of nitrogens with one attached hydrogen (secondary N) is 1. The molecule has 0 spiro atoms. The summed E-state index contributed by atoms with van der Waals surface area (Å²) in [5.41, 5.74) is 1.20. The van der Waals surface area contributed by atoms with E-state index in [9.17, 15) is 0 Å². The molecule has 1 atom stereocenters. The van der Waals surface area contributed by atoms with Gasteiger partial charge in [-0.15, -0.1) is 11.3 Å². The Kier molecular flexibility index (Phi) is 5.15. The highest BCUT2D eigenvalue weighted by atomic mass is 32.1. The molecule has 1 aromatic rings. The molecule has 0 saturated carbocycles. The van der Waals surface area contributed by atoms with E-state index in [-0.39, 0.29) is 0 Å². The van der Waals surface area contributed by atoms with Gasteiger partial charge in [0.2, 0.25) is 0 Å². The van der Waals surface area contributed by atoms with Crippen molar-refractivity contribution in [3.8, 4) is 0 Å². The number of hydrogen-bond acceptors (Lipinski definition) is 4. The third-order valence-corrected chi connectivity index (χ3v) is 4.73. The fourth-order valence-corrected chi connectivity index (χ4v) is 3.24. The lowest BCUT2D eigenvalue weighted by atomic mass is 10.1. The summed E-state index contributed by atoms with van der Waals surface area (Å²) in [4.78, 5) is 7.16. The lowest BCUT2D eigenvalue weighted by Gasteiger charge is -2.20. The van der Waals surface area contributed by atoms with Gasteiger partial charge in [-0.05, 0) is 45.7 Å². The number of rotatable bonds is 6. The molecule has 0 amide bonds. The molecular formula is C14H25N3S. The van der Waals surface area contributed by atoms with Crippen molar-refractivity contribution in [1.29, 1.82) is 0 Å². The standard InChI is InChI=1S/C14H25N3S/c1-4-14-16-13(10-18-14)8-15-7-12-5-6-17(9-12)11(2)3/h10-12,15H,4-9H2,1-3H3. The van der Waals surface area contributed by atoms with Crippen LogP contribution in [0.1, 0.15) is 37.9 Å². The number of hydrogen-bond donors (Lipinski definition) is 1. The third kappa shape index (κ3) is 3.77. The summed E-state index contributed by atoms with van der Waals surface area (Å²) >= 11 is 1.78. The van der Waals surface area contributed by atoms with Crippen molar-refractivity contribution < 1.29 is 0 Å². The van der Waals surface area contributed by atoms with Gasteiger partial charge in [-0.25, -0.2) is 4.98 Å². The van der Waals surface area contributed by atoms with E-state index in [0.717, 1.165) is 25.4 Å². The molecule has 0 radical (unpaired) electrons. The van der Waals surface area contributed by atoms with Crippen molar-refractivity contribution in [2.45, 2.75) is 46.2 Å². The number of likely N-dealkylation sites (tertiary alicyclic amines) is 1. The third-order valence-electron chi connectivity index (χ3n) is 3.69. The van der Waals surface area contributed by atoms with Crippen molar-refractivity contribution in [3.63, 3.8) is 0 Å². The summed E-state index contributed by atoms with van der Waals surface area (Å²) in [6, 6.07) is 0.695. The predicted octanol–water partition coefficient (Wildman–Crippen LogP) is 2.53. The first-order valence-corrected chi connectivity index (χ1v) is 7.95. The normalized spacial score (nSPS) is 21.0. The molecule has 0 aromatic carbocycles. The average Bonchev–Trinajstić information content (AvgIpc) is 2.97. The minimum absolute atomic E-state index is 0.695. The molecule has 0 bridgehead atoms. The summed E-state index contributed by atoms with van der Waals surface area (Å²) in [5.74, 6) is 0.816. The molecule has 18 heavy (non-hydrogen) atoms. The van der Waals surface area contributed by atoms with Crippen LogP contribution in [0.5, 0.6) is 0 Å². The second kappa shape index (κ2) is 6.64. The van der Waals surface area contributed by atoms with Crippen molar-refractivity contribution in [2.75, 3.05) is 19.6 Å². The first-order valence-electron chi connectivity index (χ1n) is 7.07. The van der Waals surface area contributed by atoms with Gasteiger partial charge in [0.25, 0.3) is 0 Å². The summed E-state index contributed by atoms with van der Waals surface area (Å²) in [6.07, 6.45) is 2.39. The average molecular weight is 267 g/mol. The lowest BCUT2D eigenvalue weighted by molar-refractivity contribution is 0.264. The van der Waals surface area contributed by atoms with Crippen LogP contribution < -0.4 is 5.32 Å². The zero-order valence-corrected chi connectivity index (χ0v) is 12.6. The maximum Gasteiger partial charge on any atom is 0.0926 e. The molecule has 2 rings (SSSR count). The Balaban J connectivity index is 1.67. The molecule has 0 aliphatic carbocycles. The van der Waals surface area contributed by atoms with Gasteiger partial charge >= 0.3 is 0 Å². The Labute approximate surface area is 115 Å². The molecule has 1 saturated heterocycles. The molecule has 1 fully saturated rings. The van der Waals surface area contributed by atoms with E-state index in [1.807, 2.05) is 0 Å². The van der Waals surface area contributed by atoms with Crippen LogP contribution in [0.3, 0.4) is 0 Å². The quantitative estimate of drug-likeness (QED) is 0.858. The minimum Gasteiger partial charge on any atom is -0.311 e. The van der Waals surface area contributed by atoms with Crippen molar-refractivity contribution in [1.82, 2.24) is 15.2 Å². The largest absolute Gasteiger partial charge is 0.311 e. The maximum atomic E-state index is 4.58. The number of aromatic nitrogens is 1. The Morgan fingerprint density at radius 2 is 2.39 bits per heavy atom. The van der Waals surface area contributed by atoms with Crippen LogP contribution in [0.2, 0.25) is 0 Å². The number of aryl methyl sites for hydroxylation is 1. The van der Waals surface area contributed by atoms with Crippen molar-refractivity contribution in [3.05, 3.63) is 16.1 Å². The van der Waals surface area contributed by atoms with Crippen LogP contribution in [0.4, 0.5) is 0 Å². The summed E-state index contributed by atoms with van der Waals surface area (Å²) < 4.78 is 0. The maximum absolute atomic E-state index is 4.58. The van der Waals surface area contributed by atoms with E-state index < -0.39 is 0 Å². The van der Waals surface area contributed by atoms with Gasteiger partial charge in [0.1, 0.15) is 0 Å². The molecule has 2 heterocycles. The lowest BCUT2D eigenvalue weighted by Crippen LogP contribution is -2.30. The van der Waals surface area contributed by atoms with E-state index in [0.29, 0.717) is 6.04 Å². The fraction of sp³-hybridized carbons (Fsp3) is 0.786. The Bertz CT molecular complexity index is 362. The first kappa shape index (κ1) is 14.0. The monoisotopic (exact) mass is 267 g/mol.